The number of amides is 1. The van der Waals surface area contributed by atoms with E-state index in [0.717, 1.165) is 10.9 Å². The van der Waals surface area contributed by atoms with Crippen LogP contribution in [0.4, 0.5) is 0 Å². The lowest BCUT2D eigenvalue weighted by Gasteiger charge is -2.18. The summed E-state index contributed by atoms with van der Waals surface area (Å²) in [6.45, 7) is 1.77. The first-order valence-electron chi connectivity index (χ1n) is 8.58. The molecule has 0 bridgehead atoms. The summed E-state index contributed by atoms with van der Waals surface area (Å²) < 4.78 is 31.9. The molecule has 2 aromatic rings. The molecule has 0 heterocycles. The first-order chi connectivity index (χ1) is 12.8. The van der Waals surface area contributed by atoms with Crippen LogP contribution in [-0.2, 0) is 24.3 Å². The van der Waals surface area contributed by atoms with Crippen molar-refractivity contribution in [2.24, 2.45) is 0 Å². The fraction of sp³-hybridized carbons (Fsp3) is 0.368. The molecular formula is C19H24N2O5S. The van der Waals surface area contributed by atoms with Crippen molar-refractivity contribution >= 4 is 32.7 Å². The van der Waals surface area contributed by atoms with Crippen LogP contribution in [-0.4, -0.2) is 51.8 Å². The molecule has 7 nitrogen and oxygen atoms in total. The van der Waals surface area contributed by atoms with E-state index in [4.69, 9.17) is 4.74 Å². The van der Waals surface area contributed by atoms with Crippen molar-refractivity contribution < 1.29 is 22.7 Å². The monoisotopic (exact) mass is 392 g/mol. The Balaban J connectivity index is 2.04. The first-order valence-corrected chi connectivity index (χ1v) is 10.0. The predicted octanol–water partition coefficient (Wildman–Crippen LogP) is 1.84. The highest BCUT2D eigenvalue weighted by molar-refractivity contribution is 7.89. The van der Waals surface area contributed by atoms with Crippen LogP contribution in [0.15, 0.2) is 41.3 Å². The number of esters is 1. The zero-order valence-electron chi connectivity index (χ0n) is 15.7. The lowest BCUT2D eigenvalue weighted by atomic mass is 10.1. The second-order valence-corrected chi connectivity index (χ2v) is 8.20. The van der Waals surface area contributed by atoms with Gasteiger partial charge in [-0.2, -0.15) is 0 Å². The standard InChI is InChI=1S/C19H24N2O5S/c1-14-7-4-9-16-15(14)8-5-10-17(16)27(24,25)21(3)12-6-11-19(23)26-13-18(22)20-2/h4-5,7-10H,6,11-13H2,1-3H3,(H,20,22). The first kappa shape index (κ1) is 20.9. The van der Waals surface area contributed by atoms with Gasteiger partial charge in [0, 0.05) is 32.4 Å². The second-order valence-electron chi connectivity index (χ2n) is 6.19. The number of aryl methyl sites for hydroxylation is 1. The smallest absolute Gasteiger partial charge is 0.306 e. The number of sulfonamides is 1. The lowest BCUT2D eigenvalue weighted by molar-refractivity contribution is -0.148. The van der Waals surface area contributed by atoms with E-state index >= 15 is 0 Å². The van der Waals surface area contributed by atoms with Crippen molar-refractivity contribution in [1.82, 2.24) is 9.62 Å². The predicted molar refractivity (Wildman–Crippen MR) is 103 cm³/mol. The van der Waals surface area contributed by atoms with Crippen molar-refractivity contribution in [3.63, 3.8) is 0 Å². The molecule has 0 saturated carbocycles. The fourth-order valence-electron chi connectivity index (χ4n) is 2.69. The molecular weight excluding hydrogens is 368 g/mol. The molecule has 0 saturated heterocycles. The third-order valence-electron chi connectivity index (χ3n) is 4.29. The van der Waals surface area contributed by atoms with Gasteiger partial charge in [-0.1, -0.05) is 30.3 Å². The number of nitrogens with zero attached hydrogens (tertiary/aromatic N) is 1. The van der Waals surface area contributed by atoms with E-state index in [2.05, 4.69) is 5.32 Å². The van der Waals surface area contributed by atoms with E-state index in [-0.39, 0.29) is 24.5 Å². The number of benzene rings is 2. The van der Waals surface area contributed by atoms with E-state index < -0.39 is 21.9 Å². The summed E-state index contributed by atoms with van der Waals surface area (Å²) in [5, 5.41) is 3.92. The average molecular weight is 392 g/mol. The Labute approximate surface area is 159 Å². The molecule has 0 aliphatic heterocycles. The molecule has 0 spiro atoms. The minimum Gasteiger partial charge on any atom is -0.456 e. The summed E-state index contributed by atoms with van der Waals surface area (Å²) in [7, 11) is -0.758. The average Bonchev–Trinajstić information content (AvgIpc) is 2.65. The number of likely N-dealkylation sites (N-methyl/N-ethyl adjacent to an activating group) is 1. The van der Waals surface area contributed by atoms with Gasteiger partial charge >= 0.3 is 5.97 Å². The zero-order valence-corrected chi connectivity index (χ0v) is 16.5. The second kappa shape index (κ2) is 8.96. The van der Waals surface area contributed by atoms with Crippen LogP contribution in [0.5, 0.6) is 0 Å². The number of hydrogen-bond acceptors (Lipinski definition) is 5. The van der Waals surface area contributed by atoms with Crippen molar-refractivity contribution in [1.29, 1.82) is 0 Å². The molecule has 0 atom stereocenters. The molecule has 0 aliphatic carbocycles. The number of nitrogens with one attached hydrogen (secondary N) is 1. The SMILES string of the molecule is CNC(=O)COC(=O)CCCN(C)S(=O)(=O)c1cccc2c(C)cccc12. The van der Waals surface area contributed by atoms with Crippen LogP contribution in [0, 0.1) is 6.92 Å². The maximum absolute atomic E-state index is 12.9. The van der Waals surface area contributed by atoms with Gasteiger partial charge in [0.05, 0.1) is 4.90 Å². The maximum atomic E-state index is 12.9. The van der Waals surface area contributed by atoms with Crippen LogP contribution >= 0.6 is 0 Å². The Bertz CT molecular complexity index is 940. The number of carbonyl (C=O) groups excluding carboxylic acids is 2. The van der Waals surface area contributed by atoms with E-state index in [1.807, 2.05) is 25.1 Å². The van der Waals surface area contributed by atoms with Crippen molar-refractivity contribution in [2.45, 2.75) is 24.7 Å². The largest absolute Gasteiger partial charge is 0.456 e. The van der Waals surface area contributed by atoms with E-state index in [9.17, 15) is 18.0 Å². The van der Waals surface area contributed by atoms with Gasteiger partial charge in [0.1, 0.15) is 0 Å². The molecule has 2 rings (SSSR count). The number of hydrogen-bond donors (Lipinski definition) is 1. The summed E-state index contributed by atoms with van der Waals surface area (Å²) in [6, 6.07) is 10.8. The minimum atomic E-state index is -3.69. The lowest BCUT2D eigenvalue weighted by Crippen LogP contribution is -2.29. The molecule has 1 amide bonds. The molecule has 0 fully saturated rings. The van der Waals surface area contributed by atoms with Gasteiger partial charge in [-0.05, 0) is 30.4 Å². The van der Waals surface area contributed by atoms with Crippen LogP contribution in [0.2, 0.25) is 0 Å². The summed E-state index contributed by atoms with van der Waals surface area (Å²) in [6.07, 6.45) is 0.331. The van der Waals surface area contributed by atoms with Gasteiger partial charge < -0.3 is 10.1 Å². The van der Waals surface area contributed by atoms with Crippen LogP contribution < -0.4 is 5.32 Å². The number of carbonyl (C=O) groups is 2. The Kier molecular flexibility index (Phi) is 6.92. The van der Waals surface area contributed by atoms with Crippen molar-refractivity contribution in [3.8, 4) is 0 Å². The molecule has 0 aromatic heterocycles. The molecule has 0 aliphatic rings. The Morgan fingerprint density at radius 2 is 1.78 bits per heavy atom. The van der Waals surface area contributed by atoms with Crippen LogP contribution in [0.3, 0.4) is 0 Å². The highest BCUT2D eigenvalue weighted by Gasteiger charge is 2.23. The molecule has 146 valence electrons. The van der Waals surface area contributed by atoms with Gasteiger partial charge in [0.15, 0.2) is 6.61 Å². The molecule has 1 N–H and O–H groups in total. The summed E-state index contributed by atoms with van der Waals surface area (Å²) in [5.74, 6) is -0.931. The third-order valence-corrected chi connectivity index (χ3v) is 6.20. The number of ether oxygens (including phenoxy) is 1. The van der Waals surface area contributed by atoms with Gasteiger partial charge in [-0.3, -0.25) is 9.59 Å². The van der Waals surface area contributed by atoms with Crippen molar-refractivity contribution in [3.05, 3.63) is 42.0 Å². The molecule has 2 aromatic carbocycles. The maximum Gasteiger partial charge on any atom is 0.306 e. The molecule has 0 unspecified atom stereocenters. The Morgan fingerprint density at radius 3 is 2.48 bits per heavy atom. The zero-order chi connectivity index (χ0) is 20.0. The number of fused-ring (bicyclic) bond motifs is 1. The Morgan fingerprint density at radius 1 is 1.11 bits per heavy atom. The highest BCUT2D eigenvalue weighted by atomic mass is 32.2. The highest BCUT2D eigenvalue weighted by Crippen LogP contribution is 2.27. The van der Waals surface area contributed by atoms with E-state index in [1.54, 1.807) is 18.2 Å². The quantitative estimate of drug-likeness (QED) is 0.692. The minimum absolute atomic E-state index is 0.0332. The summed E-state index contributed by atoms with van der Waals surface area (Å²) >= 11 is 0. The summed E-state index contributed by atoms with van der Waals surface area (Å²) in [5.41, 5.74) is 1.01. The number of rotatable bonds is 8. The fourth-order valence-corrected chi connectivity index (χ4v) is 4.10. The van der Waals surface area contributed by atoms with Gasteiger partial charge in [-0.15, -0.1) is 0 Å². The van der Waals surface area contributed by atoms with Crippen LogP contribution in [0.25, 0.3) is 10.8 Å². The van der Waals surface area contributed by atoms with Gasteiger partial charge in [0.25, 0.3) is 5.91 Å². The van der Waals surface area contributed by atoms with Gasteiger partial charge in [-0.25, -0.2) is 12.7 Å². The third kappa shape index (κ3) is 5.05. The molecule has 8 heteroatoms. The van der Waals surface area contributed by atoms with Gasteiger partial charge in [0.2, 0.25) is 10.0 Å². The Hall–Kier alpha value is -2.45. The van der Waals surface area contributed by atoms with E-state index in [1.165, 1.54) is 18.4 Å². The van der Waals surface area contributed by atoms with E-state index in [0.29, 0.717) is 11.8 Å². The van der Waals surface area contributed by atoms with Crippen molar-refractivity contribution in [2.75, 3.05) is 27.2 Å². The summed E-state index contributed by atoms with van der Waals surface area (Å²) in [4.78, 5) is 22.9. The van der Waals surface area contributed by atoms with Crippen LogP contribution in [0.1, 0.15) is 18.4 Å². The topological polar surface area (TPSA) is 92.8 Å². The normalized spacial score (nSPS) is 11.6. The molecule has 0 radical (unpaired) electrons. The molecule has 27 heavy (non-hydrogen) atoms.